The molecule has 130 valence electrons. The molecule has 1 atom stereocenters. The van der Waals surface area contributed by atoms with Gasteiger partial charge < -0.3 is 15.2 Å². The highest BCUT2D eigenvalue weighted by Crippen LogP contribution is 2.16. The minimum Gasteiger partial charge on any atom is -0.480 e. The van der Waals surface area contributed by atoms with Gasteiger partial charge in [-0.3, -0.25) is 9.59 Å². The van der Waals surface area contributed by atoms with Crippen molar-refractivity contribution in [1.29, 1.82) is 0 Å². The zero-order chi connectivity index (χ0) is 18.4. The first-order chi connectivity index (χ1) is 11.9. The predicted molar refractivity (Wildman–Crippen MR) is 92.3 cm³/mol. The van der Waals surface area contributed by atoms with Gasteiger partial charge >= 0.3 is 11.9 Å². The van der Waals surface area contributed by atoms with E-state index < -0.39 is 23.9 Å². The van der Waals surface area contributed by atoms with E-state index in [0.717, 1.165) is 0 Å². The third-order valence-corrected chi connectivity index (χ3v) is 3.96. The molecule has 8 heteroatoms. The van der Waals surface area contributed by atoms with Crippen LogP contribution >= 0.6 is 15.9 Å². The van der Waals surface area contributed by atoms with E-state index in [4.69, 9.17) is 4.74 Å². The van der Waals surface area contributed by atoms with Crippen molar-refractivity contribution in [3.63, 3.8) is 0 Å². The number of carboxylic acid groups (broad SMARTS) is 1. The van der Waals surface area contributed by atoms with Crippen LogP contribution in [0.1, 0.15) is 22.8 Å². The number of amides is 1. The van der Waals surface area contributed by atoms with Gasteiger partial charge in [-0.1, -0.05) is 6.07 Å². The smallest absolute Gasteiger partial charge is 0.326 e. The molecule has 0 spiro atoms. The van der Waals surface area contributed by atoms with Gasteiger partial charge in [0.05, 0.1) is 0 Å². The molecule has 7 nitrogen and oxygen atoms in total. The third kappa shape index (κ3) is 5.39. The van der Waals surface area contributed by atoms with Crippen molar-refractivity contribution in [2.24, 2.45) is 0 Å². The lowest BCUT2D eigenvalue weighted by atomic mass is 10.1. The van der Waals surface area contributed by atoms with Gasteiger partial charge in [0, 0.05) is 25.1 Å². The Balaban J connectivity index is 2.08. The molecule has 1 aromatic carbocycles. The van der Waals surface area contributed by atoms with E-state index in [1.165, 1.54) is 31.2 Å². The summed E-state index contributed by atoms with van der Waals surface area (Å²) < 4.78 is 5.41. The molecule has 25 heavy (non-hydrogen) atoms. The number of nitrogens with one attached hydrogen (secondary N) is 1. The number of hydrogen-bond donors (Lipinski definition) is 2. The standard InChI is InChI=1S/C17H15BrN2O5/c1-10(21)25-13-6-4-11(5-7-13)16(22)20-14(17(23)24)9-12-3-2-8-19-15(12)18/h2-8,14H,9H2,1H3,(H,20,22)(H,23,24)/t14-/m0/s1. The Morgan fingerprint density at radius 1 is 1.24 bits per heavy atom. The maximum absolute atomic E-state index is 12.3. The number of rotatable bonds is 6. The summed E-state index contributed by atoms with van der Waals surface area (Å²) in [5, 5.41) is 11.8. The zero-order valence-electron chi connectivity index (χ0n) is 13.2. The number of halogens is 1. The number of carbonyl (C=O) groups is 3. The maximum Gasteiger partial charge on any atom is 0.326 e. The van der Waals surface area contributed by atoms with Crippen molar-refractivity contribution >= 4 is 33.8 Å². The Bertz CT molecular complexity index is 792. The molecule has 0 aliphatic heterocycles. The molecule has 2 aromatic rings. The van der Waals surface area contributed by atoms with Crippen molar-refractivity contribution < 1.29 is 24.2 Å². The molecule has 0 aliphatic rings. The maximum atomic E-state index is 12.3. The van der Waals surface area contributed by atoms with E-state index in [0.29, 0.717) is 15.9 Å². The van der Waals surface area contributed by atoms with Crippen molar-refractivity contribution in [3.8, 4) is 5.75 Å². The fourth-order valence-electron chi connectivity index (χ4n) is 2.07. The monoisotopic (exact) mass is 406 g/mol. The van der Waals surface area contributed by atoms with E-state index in [-0.39, 0.29) is 12.0 Å². The fraction of sp³-hybridized carbons (Fsp3) is 0.176. The van der Waals surface area contributed by atoms with Crippen LogP contribution < -0.4 is 10.1 Å². The average molecular weight is 407 g/mol. The molecule has 2 rings (SSSR count). The number of benzene rings is 1. The summed E-state index contributed by atoms with van der Waals surface area (Å²) in [6, 6.07) is 8.13. The summed E-state index contributed by atoms with van der Waals surface area (Å²) in [7, 11) is 0. The fourth-order valence-corrected chi connectivity index (χ4v) is 2.49. The number of nitrogens with zero attached hydrogens (tertiary/aromatic N) is 1. The van der Waals surface area contributed by atoms with Crippen LogP contribution in [0.5, 0.6) is 5.75 Å². The summed E-state index contributed by atoms with van der Waals surface area (Å²) in [5.41, 5.74) is 0.924. The summed E-state index contributed by atoms with van der Waals surface area (Å²) in [6.07, 6.45) is 1.66. The molecule has 0 saturated heterocycles. The lowest BCUT2D eigenvalue weighted by Crippen LogP contribution is -2.42. The Morgan fingerprint density at radius 3 is 2.48 bits per heavy atom. The van der Waals surface area contributed by atoms with Crippen LogP contribution in [0.2, 0.25) is 0 Å². The summed E-state index contributed by atoms with van der Waals surface area (Å²) in [6.45, 7) is 1.27. The second kappa shape index (κ2) is 8.39. The molecule has 1 amide bonds. The number of hydrogen-bond acceptors (Lipinski definition) is 5. The van der Waals surface area contributed by atoms with Crippen LogP contribution in [-0.4, -0.2) is 34.0 Å². The number of esters is 1. The van der Waals surface area contributed by atoms with Gasteiger partial charge in [0.25, 0.3) is 5.91 Å². The zero-order valence-corrected chi connectivity index (χ0v) is 14.8. The number of carbonyl (C=O) groups excluding carboxylic acids is 2. The first-order valence-corrected chi connectivity index (χ1v) is 8.07. The molecular weight excluding hydrogens is 392 g/mol. The second-order valence-corrected chi connectivity index (χ2v) is 5.89. The lowest BCUT2D eigenvalue weighted by Gasteiger charge is -2.15. The number of aliphatic carboxylic acids is 1. The molecule has 1 heterocycles. The Morgan fingerprint density at radius 2 is 1.92 bits per heavy atom. The highest BCUT2D eigenvalue weighted by molar-refractivity contribution is 9.10. The molecule has 0 radical (unpaired) electrons. The first-order valence-electron chi connectivity index (χ1n) is 7.28. The molecule has 0 unspecified atom stereocenters. The molecular formula is C17H15BrN2O5. The van der Waals surface area contributed by atoms with E-state index >= 15 is 0 Å². The van der Waals surface area contributed by atoms with Crippen LogP contribution in [0.3, 0.4) is 0 Å². The van der Waals surface area contributed by atoms with Crippen LogP contribution in [0.15, 0.2) is 47.2 Å². The normalized spacial score (nSPS) is 11.4. The SMILES string of the molecule is CC(=O)Oc1ccc(C(=O)N[C@@H](Cc2cccnc2Br)C(=O)O)cc1. The van der Waals surface area contributed by atoms with Gasteiger partial charge in [-0.15, -0.1) is 0 Å². The topological polar surface area (TPSA) is 106 Å². The minimum atomic E-state index is -1.15. The van der Waals surface area contributed by atoms with Crippen molar-refractivity contribution in [1.82, 2.24) is 10.3 Å². The first kappa shape index (κ1) is 18.6. The van der Waals surface area contributed by atoms with Gasteiger partial charge in [-0.05, 0) is 51.8 Å². The van der Waals surface area contributed by atoms with Crippen LogP contribution in [-0.2, 0) is 16.0 Å². The summed E-state index contributed by atoms with van der Waals surface area (Å²) in [5.74, 6) is -1.86. The predicted octanol–water partition coefficient (Wildman–Crippen LogP) is 2.20. The minimum absolute atomic E-state index is 0.0844. The quantitative estimate of drug-likeness (QED) is 0.432. The molecule has 0 aliphatic carbocycles. The van der Waals surface area contributed by atoms with Crippen molar-refractivity contribution in [3.05, 3.63) is 58.3 Å². The molecule has 0 fully saturated rings. The summed E-state index contributed by atoms with van der Waals surface area (Å²) >= 11 is 3.25. The van der Waals surface area contributed by atoms with Crippen LogP contribution in [0, 0.1) is 0 Å². The number of carboxylic acids is 1. The molecule has 2 N–H and O–H groups in total. The van der Waals surface area contributed by atoms with Gasteiger partial charge in [0.15, 0.2) is 0 Å². The highest BCUT2D eigenvalue weighted by atomic mass is 79.9. The number of ether oxygens (including phenoxy) is 1. The van der Waals surface area contributed by atoms with Gasteiger partial charge in [0.2, 0.25) is 0 Å². The third-order valence-electron chi connectivity index (χ3n) is 3.24. The van der Waals surface area contributed by atoms with Crippen LogP contribution in [0.4, 0.5) is 0 Å². The largest absolute Gasteiger partial charge is 0.480 e. The van der Waals surface area contributed by atoms with Crippen molar-refractivity contribution in [2.75, 3.05) is 0 Å². The van der Waals surface area contributed by atoms with E-state index in [9.17, 15) is 19.5 Å². The second-order valence-electron chi connectivity index (χ2n) is 5.14. The van der Waals surface area contributed by atoms with E-state index in [1.54, 1.807) is 18.3 Å². The Kier molecular flexibility index (Phi) is 6.24. The van der Waals surface area contributed by atoms with Crippen molar-refractivity contribution in [2.45, 2.75) is 19.4 Å². The van der Waals surface area contributed by atoms with Gasteiger partial charge in [-0.25, -0.2) is 9.78 Å². The van der Waals surface area contributed by atoms with Crippen LogP contribution in [0.25, 0.3) is 0 Å². The number of pyridine rings is 1. The average Bonchev–Trinajstić information content (AvgIpc) is 2.56. The Hall–Kier alpha value is -2.74. The molecule has 1 aromatic heterocycles. The highest BCUT2D eigenvalue weighted by Gasteiger charge is 2.22. The lowest BCUT2D eigenvalue weighted by molar-refractivity contribution is -0.139. The van der Waals surface area contributed by atoms with E-state index in [1.807, 2.05) is 0 Å². The Labute approximate surface area is 152 Å². The van der Waals surface area contributed by atoms with Gasteiger partial charge in [-0.2, -0.15) is 0 Å². The van der Waals surface area contributed by atoms with E-state index in [2.05, 4.69) is 26.2 Å². The summed E-state index contributed by atoms with van der Waals surface area (Å²) in [4.78, 5) is 38.6. The number of aromatic nitrogens is 1. The molecule has 0 saturated carbocycles. The van der Waals surface area contributed by atoms with Gasteiger partial charge in [0.1, 0.15) is 16.4 Å². The molecule has 0 bridgehead atoms.